The number of carbonyl (C=O) groups excluding carboxylic acids is 1. The molecule has 1 aromatic carbocycles. The molecule has 0 saturated carbocycles. The minimum atomic E-state index is -0.883. The first-order chi connectivity index (χ1) is 11.9. The molecular formula is C16H11BrClNO3S3. The summed E-state index contributed by atoms with van der Waals surface area (Å²) >= 11 is 17.7. The number of rotatable bonds is 5. The number of halogens is 2. The molecule has 1 aliphatic heterocycles. The summed E-state index contributed by atoms with van der Waals surface area (Å²) in [5, 5.41) is 10.3. The molecule has 2 heterocycles. The Morgan fingerprint density at radius 1 is 1.44 bits per heavy atom. The van der Waals surface area contributed by atoms with E-state index in [1.54, 1.807) is 11.3 Å². The number of hydrogen-bond acceptors (Lipinski definition) is 5. The number of thiocarbonyl (C=S) groups is 1. The molecule has 2 aromatic rings. The number of aliphatic carboxylic acids is 1. The van der Waals surface area contributed by atoms with Crippen LogP contribution in [0, 0.1) is 0 Å². The maximum Gasteiger partial charge on any atom is 0.303 e. The van der Waals surface area contributed by atoms with Crippen LogP contribution < -0.4 is 0 Å². The van der Waals surface area contributed by atoms with Gasteiger partial charge in [0, 0.05) is 33.6 Å². The SMILES string of the molecule is O=C(O)CCCN1C(=O)C(=Cc2c(Br)sc3ccc(Cl)cc23)SC1=S. The lowest BCUT2D eigenvalue weighted by Gasteiger charge is -2.13. The second-order valence-electron chi connectivity index (χ2n) is 5.26. The highest BCUT2D eigenvalue weighted by Gasteiger charge is 2.32. The van der Waals surface area contributed by atoms with Gasteiger partial charge in [-0.3, -0.25) is 14.5 Å². The van der Waals surface area contributed by atoms with Crippen LogP contribution in [0.1, 0.15) is 18.4 Å². The van der Waals surface area contributed by atoms with Crippen molar-refractivity contribution in [1.29, 1.82) is 0 Å². The lowest BCUT2D eigenvalue weighted by atomic mass is 10.1. The van der Waals surface area contributed by atoms with Gasteiger partial charge in [-0.05, 0) is 46.6 Å². The Morgan fingerprint density at radius 3 is 2.92 bits per heavy atom. The van der Waals surface area contributed by atoms with E-state index >= 15 is 0 Å². The highest BCUT2D eigenvalue weighted by atomic mass is 79.9. The fourth-order valence-corrected chi connectivity index (χ4v) is 5.61. The summed E-state index contributed by atoms with van der Waals surface area (Å²) in [5.74, 6) is -1.07. The zero-order valence-corrected chi connectivity index (χ0v) is 17.4. The van der Waals surface area contributed by atoms with Gasteiger partial charge in [0.15, 0.2) is 0 Å². The fourth-order valence-electron chi connectivity index (χ4n) is 2.41. The van der Waals surface area contributed by atoms with E-state index in [4.69, 9.17) is 28.9 Å². The highest BCUT2D eigenvalue weighted by Crippen LogP contribution is 2.41. The summed E-state index contributed by atoms with van der Waals surface area (Å²) in [7, 11) is 0. The van der Waals surface area contributed by atoms with Gasteiger partial charge in [0.2, 0.25) is 0 Å². The first-order valence-corrected chi connectivity index (χ1v) is 10.4. The van der Waals surface area contributed by atoms with Crippen molar-refractivity contribution in [3.63, 3.8) is 0 Å². The number of nitrogens with zero attached hydrogens (tertiary/aromatic N) is 1. The van der Waals surface area contributed by atoms with E-state index in [1.807, 2.05) is 24.3 Å². The van der Waals surface area contributed by atoms with Crippen LogP contribution in [0.15, 0.2) is 26.9 Å². The number of thiophene rings is 1. The van der Waals surface area contributed by atoms with Gasteiger partial charge in [-0.15, -0.1) is 11.3 Å². The average molecular weight is 477 g/mol. The summed E-state index contributed by atoms with van der Waals surface area (Å²) in [4.78, 5) is 25.2. The van der Waals surface area contributed by atoms with Crippen molar-refractivity contribution in [2.24, 2.45) is 0 Å². The number of fused-ring (bicyclic) bond motifs is 1. The predicted octanol–water partition coefficient (Wildman–Crippen LogP) is 5.38. The van der Waals surface area contributed by atoms with Crippen molar-refractivity contribution < 1.29 is 14.7 Å². The first kappa shape index (κ1) is 18.8. The molecule has 1 aromatic heterocycles. The third-order valence-corrected chi connectivity index (χ3v) is 7.07. The van der Waals surface area contributed by atoms with Crippen molar-refractivity contribution in [3.8, 4) is 0 Å². The average Bonchev–Trinajstić information content (AvgIpc) is 2.98. The second-order valence-corrected chi connectivity index (χ2v) is 9.74. The molecule has 1 aliphatic rings. The van der Waals surface area contributed by atoms with E-state index in [1.165, 1.54) is 16.7 Å². The van der Waals surface area contributed by atoms with E-state index in [-0.39, 0.29) is 12.3 Å². The van der Waals surface area contributed by atoms with Gasteiger partial charge in [-0.1, -0.05) is 35.6 Å². The lowest BCUT2D eigenvalue weighted by molar-refractivity contribution is -0.137. The van der Waals surface area contributed by atoms with E-state index in [0.29, 0.717) is 27.2 Å². The lowest BCUT2D eigenvalue weighted by Crippen LogP contribution is -2.29. The van der Waals surface area contributed by atoms with Crippen LogP contribution in [0.4, 0.5) is 0 Å². The van der Waals surface area contributed by atoms with Crippen molar-refractivity contribution in [2.45, 2.75) is 12.8 Å². The number of carbonyl (C=O) groups is 2. The number of carboxylic acid groups (broad SMARTS) is 1. The molecule has 3 rings (SSSR count). The Kier molecular flexibility index (Phi) is 5.85. The molecule has 0 bridgehead atoms. The number of amides is 1. The Hall–Kier alpha value is -0.930. The molecule has 130 valence electrons. The normalized spacial score (nSPS) is 16.4. The van der Waals surface area contributed by atoms with Crippen molar-refractivity contribution >= 4 is 95.2 Å². The first-order valence-electron chi connectivity index (χ1n) is 7.21. The van der Waals surface area contributed by atoms with Crippen LogP contribution in [0.25, 0.3) is 16.2 Å². The third-order valence-electron chi connectivity index (χ3n) is 3.56. The van der Waals surface area contributed by atoms with Crippen LogP contribution in [0.3, 0.4) is 0 Å². The Labute approximate surface area is 171 Å². The van der Waals surface area contributed by atoms with Crippen LogP contribution in [0.2, 0.25) is 5.02 Å². The van der Waals surface area contributed by atoms with Gasteiger partial charge in [-0.25, -0.2) is 0 Å². The Bertz CT molecular complexity index is 925. The number of thioether (sulfide) groups is 1. The predicted molar refractivity (Wildman–Crippen MR) is 111 cm³/mol. The van der Waals surface area contributed by atoms with Crippen LogP contribution in [0.5, 0.6) is 0 Å². The molecule has 25 heavy (non-hydrogen) atoms. The van der Waals surface area contributed by atoms with E-state index < -0.39 is 5.97 Å². The highest BCUT2D eigenvalue weighted by molar-refractivity contribution is 9.11. The molecule has 1 saturated heterocycles. The van der Waals surface area contributed by atoms with Crippen molar-refractivity contribution in [3.05, 3.63) is 37.5 Å². The van der Waals surface area contributed by atoms with Gasteiger partial charge in [-0.2, -0.15) is 0 Å². The van der Waals surface area contributed by atoms with Gasteiger partial charge in [0.25, 0.3) is 5.91 Å². The number of hydrogen-bond donors (Lipinski definition) is 1. The molecular weight excluding hydrogens is 466 g/mol. The van der Waals surface area contributed by atoms with Crippen LogP contribution in [-0.2, 0) is 9.59 Å². The zero-order chi connectivity index (χ0) is 18.1. The molecule has 0 radical (unpaired) electrons. The molecule has 1 fully saturated rings. The molecule has 0 atom stereocenters. The number of benzene rings is 1. The summed E-state index contributed by atoms with van der Waals surface area (Å²) in [5.41, 5.74) is 0.897. The van der Waals surface area contributed by atoms with Gasteiger partial charge in [0.05, 0.1) is 8.69 Å². The smallest absolute Gasteiger partial charge is 0.303 e. The Morgan fingerprint density at radius 2 is 2.20 bits per heavy atom. The van der Waals surface area contributed by atoms with Crippen molar-refractivity contribution in [1.82, 2.24) is 4.90 Å². The fraction of sp³-hybridized carbons (Fsp3) is 0.188. The number of carboxylic acids is 1. The minimum Gasteiger partial charge on any atom is -0.481 e. The van der Waals surface area contributed by atoms with E-state index in [9.17, 15) is 9.59 Å². The van der Waals surface area contributed by atoms with E-state index in [2.05, 4.69) is 15.9 Å². The summed E-state index contributed by atoms with van der Waals surface area (Å²) in [6, 6.07) is 5.65. The van der Waals surface area contributed by atoms with Crippen LogP contribution in [-0.4, -0.2) is 32.7 Å². The second kappa shape index (κ2) is 7.75. The van der Waals surface area contributed by atoms with Crippen LogP contribution >= 0.6 is 62.8 Å². The molecule has 9 heteroatoms. The standard InChI is InChI=1S/C16H11BrClNO3S3/c17-14-10(9-6-8(18)3-4-11(9)24-14)7-12-15(22)19(16(23)25-12)5-1-2-13(20)21/h3-4,6-7H,1-2,5H2,(H,20,21). The Balaban J connectivity index is 1.88. The summed E-state index contributed by atoms with van der Waals surface area (Å²) in [6.45, 7) is 0.311. The van der Waals surface area contributed by atoms with Crippen molar-refractivity contribution in [2.75, 3.05) is 6.54 Å². The third kappa shape index (κ3) is 4.09. The molecule has 0 spiro atoms. The van der Waals surface area contributed by atoms with E-state index in [0.717, 1.165) is 19.4 Å². The molecule has 0 unspecified atom stereocenters. The minimum absolute atomic E-state index is 0.00925. The maximum absolute atomic E-state index is 12.6. The summed E-state index contributed by atoms with van der Waals surface area (Å²) < 4.78 is 2.44. The monoisotopic (exact) mass is 475 g/mol. The molecule has 0 aliphatic carbocycles. The quantitative estimate of drug-likeness (QED) is 0.463. The molecule has 1 N–H and O–H groups in total. The summed E-state index contributed by atoms with van der Waals surface area (Å²) in [6.07, 6.45) is 2.20. The zero-order valence-electron chi connectivity index (χ0n) is 12.6. The van der Waals surface area contributed by atoms with Gasteiger partial charge < -0.3 is 5.11 Å². The molecule has 1 amide bonds. The van der Waals surface area contributed by atoms with Gasteiger partial charge >= 0.3 is 5.97 Å². The topological polar surface area (TPSA) is 57.6 Å². The molecule has 4 nitrogen and oxygen atoms in total. The van der Waals surface area contributed by atoms with Gasteiger partial charge in [0.1, 0.15) is 4.32 Å². The largest absolute Gasteiger partial charge is 0.481 e. The maximum atomic E-state index is 12.6.